The van der Waals surface area contributed by atoms with E-state index in [9.17, 15) is 4.79 Å². The average molecular weight is 374 g/mol. The fourth-order valence-corrected chi connectivity index (χ4v) is 3.51. The maximum absolute atomic E-state index is 12.7. The molecule has 6 heteroatoms. The molecule has 0 unspecified atom stereocenters. The number of hydrogen-bond acceptors (Lipinski definition) is 5. The number of hydrogen-bond donors (Lipinski definition) is 1. The van der Waals surface area contributed by atoms with Crippen LogP contribution in [-0.2, 0) is 9.53 Å². The SMILES string of the molecule is CCOc1cc(N2CCOCC2)c(OCC)cc1NC(=O)[C@@H]1CC=CCC1. The zero-order chi connectivity index (χ0) is 19.1. The summed E-state index contributed by atoms with van der Waals surface area (Å²) >= 11 is 0. The van der Waals surface area contributed by atoms with E-state index < -0.39 is 0 Å². The van der Waals surface area contributed by atoms with Crippen molar-refractivity contribution in [3.63, 3.8) is 0 Å². The number of allylic oxidation sites excluding steroid dienone is 2. The van der Waals surface area contributed by atoms with Crippen LogP contribution >= 0.6 is 0 Å². The van der Waals surface area contributed by atoms with E-state index >= 15 is 0 Å². The Bertz CT molecular complexity index is 668. The van der Waals surface area contributed by atoms with Gasteiger partial charge in [-0.25, -0.2) is 0 Å². The van der Waals surface area contributed by atoms with Crippen molar-refractivity contribution in [3.8, 4) is 11.5 Å². The maximum atomic E-state index is 12.7. The van der Waals surface area contributed by atoms with Gasteiger partial charge in [0.2, 0.25) is 5.91 Å². The number of carbonyl (C=O) groups excluding carboxylic acids is 1. The molecule has 0 radical (unpaired) electrons. The summed E-state index contributed by atoms with van der Waals surface area (Å²) in [5, 5.41) is 3.07. The molecule has 0 saturated carbocycles. The van der Waals surface area contributed by atoms with Gasteiger partial charge in [-0.1, -0.05) is 12.2 Å². The van der Waals surface area contributed by atoms with E-state index in [0.717, 1.165) is 43.8 Å². The highest BCUT2D eigenvalue weighted by atomic mass is 16.5. The minimum Gasteiger partial charge on any atom is -0.492 e. The minimum absolute atomic E-state index is 0.0129. The molecule has 1 N–H and O–H groups in total. The van der Waals surface area contributed by atoms with Crippen LogP contribution in [0.5, 0.6) is 11.5 Å². The number of ether oxygens (including phenoxy) is 3. The van der Waals surface area contributed by atoms with Gasteiger partial charge in [-0.2, -0.15) is 0 Å². The van der Waals surface area contributed by atoms with Crippen LogP contribution in [0.1, 0.15) is 33.1 Å². The van der Waals surface area contributed by atoms with Crippen LogP contribution in [0.3, 0.4) is 0 Å². The van der Waals surface area contributed by atoms with Crippen LogP contribution in [0.15, 0.2) is 24.3 Å². The van der Waals surface area contributed by atoms with Crippen LogP contribution in [0.4, 0.5) is 11.4 Å². The number of morpholine rings is 1. The number of carbonyl (C=O) groups is 1. The van der Waals surface area contributed by atoms with E-state index in [1.54, 1.807) is 0 Å². The van der Waals surface area contributed by atoms with Crippen LogP contribution in [0.2, 0.25) is 0 Å². The van der Waals surface area contributed by atoms with Gasteiger partial charge in [0.25, 0.3) is 0 Å². The highest BCUT2D eigenvalue weighted by Gasteiger charge is 2.23. The Hall–Kier alpha value is -2.21. The molecule has 1 aromatic rings. The number of amides is 1. The molecule has 1 aromatic carbocycles. The second-order valence-electron chi connectivity index (χ2n) is 6.75. The van der Waals surface area contributed by atoms with E-state index in [2.05, 4.69) is 22.4 Å². The van der Waals surface area contributed by atoms with Crippen molar-refractivity contribution in [1.82, 2.24) is 0 Å². The van der Waals surface area contributed by atoms with Crippen molar-refractivity contribution in [2.45, 2.75) is 33.1 Å². The molecule has 1 fully saturated rings. The number of nitrogens with one attached hydrogen (secondary N) is 1. The number of anilines is 2. The molecular weight excluding hydrogens is 344 g/mol. The molecule has 0 aromatic heterocycles. The second-order valence-corrected chi connectivity index (χ2v) is 6.75. The summed E-state index contributed by atoms with van der Waals surface area (Å²) in [6.45, 7) is 8.02. The molecule has 27 heavy (non-hydrogen) atoms. The first-order chi connectivity index (χ1) is 13.2. The van der Waals surface area contributed by atoms with Gasteiger partial charge < -0.3 is 24.4 Å². The summed E-state index contributed by atoms with van der Waals surface area (Å²) in [5.74, 6) is 1.50. The summed E-state index contributed by atoms with van der Waals surface area (Å²) in [6, 6.07) is 3.88. The number of rotatable bonds is 7. The highest BCUT2D eigenvalue weighted by molar-refractivity contribution is 5.95. The van der Waals surface area contributed by atoms with Gasteiger partial charge in [0.15, 0.2) is 0 Å². The first kappa shape index (κ1) is 19.5. The summed E-state index contributed by atoms with van der Waals surface area (Å²) in [4.78, 5) is 15.0. The van der Waals surface area contributed by atoms with Gasteiger partial charge in [0.05, 0.1) is 37.8 Å². The summed E-state index contributed by atoms with van der Waals surface area (Å²) < 4.78 is 17.2. The van der Waals surface area contributed by atoms with Gasteiger partial charge in [0.1, 0.15) is 11.5 Å². The van der Waals surface area contributed by atoms with E-state index in [1.807, 2.05) is 26.0 Å². The first-order valence-electron chi connectivity index (χ1n) is 9.95. The monoisotopic (exact) mass is 374 g/mol. The Kier molecular flexibility index (Phi) is 6.98. The predicted octanol–water partition coefficient (Wildman–Crippen LogP) is 3.62. The van der Waals surface area contributed by atoms with Crippen molar-refractivity contribution in [1.29, 1.82) is 0 Å². The normalized spacial score (nSPS) is 19.6. The minimum atomic E-state index is 0.0129. The quantitative estimate of drug-likeness (QED) is 0.739. The van der Waals surface area contributed by atoms with Crippen molar-refractivity contribution >= 4 is 17.3 Å². The number of benzene rings is 1. The predicted molar refractivity (Wildman–Crippen MR) is 107 cm³/mol. The van der Waals surface area contributed by atoms with Crippen molar-refractivity contribution in [2.24, 2.45) is 5.92 Å². The molecule has 1 saturated heterocycles. The summed E-state index contributed by atoms with van der Waals surface area (Å²) in [6.07, 6.45) is 6.86. The smallest absolute Gasteiger partial charge is 0.227 e. The third-order valence-corrected chi connectivity index (χ3v) is 4.91. The summed E-state index contributed by atoms with van der Waals surface area (Å²) in [7, 11) is 0. The third kappa shape index (κ3) is 4.95. The fraction of sp³-hybridized carbons (Fsp3) is 0.571. The second kappa shape index (κ2) is 9.65. The zero-order valence-corrected chi connectivity index (χ0v) is 16.3. The Morgan fingerprint density at radius 3 is 2.56 bits per heavy atom. The molecule has 1 amide bonds. The maximum Gasteiger partial charge on any atom is 0.227 e. The summed E-state index contributed by atoms with van der Waals surface area (Å²) in [5.41, 5.74) is 1.67. The highest BCUT2D eigenvalue weighted by Crippen LogP contribution is 2.39. The molecule has 0 bridgehead atoms. The lowest BCUT2D eigenvalue weighted by molar-refractivity contribution is -0.120. The lowest BCUT2D eigenvalue weighted by atomic mass is 9.93. The van der Waals surface area contributed by atoms with Gasteiger partial charge >= 0.3 is 0 Å². The lowest BCUT2D eigenvalue weighted by Gasteiger charge is -2.31. The zero-order valence-electron chi connectivity index (χ0n) is 16.3. The van der Waals surface area contributed by atoms with E-state index in [0.29, 0.717) is 37.9 Å². The fourth-order valence-electron chi connectivity index (χ4n) is 3.51. The Labute approximate surface area is 161 Å². The Balaban J connectivity index is 1.87. The van der Waals surface area contributed by atoms with E-state index in [1.165, 1.54) is 0 Å². The van der Waals surface area contributed by atoms with Gasteiger partial charge in [-0.05, 0) is 33.1 Å². The van der Waals surface area contributed by atoms with Gasteiger partial charge in [-0.3, -0.25) is 4.79 Å². The van der Waals surface area contributed by atoms with Crippen molar-refractivity contribution < 1.29 is 19.0 Å². The van der Waals surface area contributed by atoms with Gasteiger partial charge in [-0.15, -0.1) is 0 Å². The molecule has 1 atom stereocenters. The van der Waals surface area contributed by atoms with Crippen LogP contribution < -0.4 is 19.7 Å². The van der Waals surface area contributed by atoms with Crippen molar-refractivity contribution in [2.75, 3.05) is 49.7 Å². The Morgan fingerprint density at radius 2 is 1.89 bits per heavy atom. The molecule has 1 heterocycles. The van der Waals surface area contributed by atoms with E-state index in [-0.39, 0.29) is 11.8 Å². The average Bonchev–Trinajstić information content (AvgIpc) is 2.71. The molecule has 0 spiro atoms. The topological polar surface area (TPSA) is 60.0 Å². The Morgan fingerprint density at radius 1 is 1.15 bits per heavy atom. The number of nitrogens with zero attached hydrogens (tertiary/aromatic N) is 1. The molecule has 3 rings (SSSR count). The molecule has 2 aliphatic rings. The lowest BCUT2D eigenvalue weighted by Crippen LogP contribution is -2.36. The first-order valence-corrected chi connectivity index (χ1v) is 9.95. The van der Waals surface area contributed by atoms with Crippen LogP contribution in [-0.4, -0.2) is 45.4 Å². The largest absolute Gasteiger partial charge is 0.492 e. The van der Waals surface area contributed by atoms with Crippen LogP contribution in [0, 0.1) is 5.92 Å². The molecule has 6 nitrogen and oxygen atoms in total. The molecule has 1 aliphatic carbocycles. The molecular formula is C21H30N2O4. The van der Waals surface area contributed by atoms with E-state index in [4.69, 9.17) is 14.2 Å². The third-order valence-electron chi connectivity index (χ3n) is 4.91. The molecule has 148 valence electrons. The van der Waals surface area contributed by atoms with Crippen molar-refractivity contribution in [3.05, 3.63) is 24.3 Å². The van der Waals surface area contributed by atoms with Crippen LogP contribution in [0.25, 0.3) is 0 Å². The standard InChI is InChI=1S/C21H30N2O4/c1-3-26-19-15-18(23-10-12-25-13-11-23)20(27-4-2)14-17(19)22-21(24)16-8-6-5-7-9-16/h5-6,14-16H,3-4,7-13H2,1-2H3,(H,22,24)/t16-/m1/s1. The molecule has 1 aliphatic heterocycles. The van der Waals surface area contributed by atoms with Gasteiger partial charge in [0, 0.05) is 31.1 Å².